The Balaban J connectivity index is 1.03. The van der Waals surface area contributed by atoms with E-state index in [2.05, 4.69) is 32.9 Å². The van der Waals surface area contributed by atoms with E-state index in [-0.39, 0.29) is 36.2 Å². The summed E-state index contributed by atoms with van der Waals surface area (Å²) in [6.07, 6.45) is 8.55. The zero-order chi connectivity index (χ0) is 29.0. The Morgan fingerprint density at radius 1 is 1.07 bits per heavy atom. The molecule has 1 saturated heterocycles. The van der Waals surface area contributed by atoms with Crippen LogP contribution in [-0.2, 0) is 22.7 Å². The van der Waals surface area contributed by atoms with Crippen molar-refractivity contribution in [2.24, 2.45) is 5.92 Å². The number of imide groups is 1. The van der Waals surface area contributed by atoms with Crippen molar-refractivity contribution < 1.29 is 14.4 Å². The third-order valence-electron chi connectivity index (χ3n) is 8.14. The minimum Gasteiger partial charge on any atom is -0.364 e. The average molecular weight is 585 g/mol. The fourth-order valence-corrected chi connectivity index (χ4v) is 5.78. The van der Waals surface area contributed by atoms with Gasteiger partial charge in [0.2, 0.25) is 11.8 Å². The Kier molecular flexibility index (Phi) is 6.53. The van der Waals surface area contributed by atoms with Crippen LogP contribution in [0.5, 0.6) is 0 Å². The monoisotopic (exact) mass is 584 g/mol. The molecule has 12 heteroatoms. The highest BCUT2D eigenvalue weighted by atomic mass is 35.5. The van der Waals surface area contributed by atoms with Crippen LogP contribution in [0.1, 0.15) is 53.5 Å². The summed E-state index contributed by atoms with van der Waals surface area (Å²) in [6.45, 7) is 0.781. The van der Waals surface area contributed by atoms with Crippen molar-refractivity contribution in [1.82, 2.24) is 29.2 Å². The number of nitrogens with one attached hydrogen (secondary N) is 2. The summed E-state index contributed by atoms with van der Waals surface area (Å²) in [5.74, 6) is 1.26. The molecule has 2 atom stereocenters. The van der Waals surface area contributed by atoms with Crippen LogP contribution in [0.4, 0.5) is 16.4 Å². The topological polar surface area (TPSA) is 125 Å². The molecule has 1 aliphatic heterocycles. The van der Waals surface area contributed by atoms with Crippen molar-refractivity contribution >= 4 is 46.7 Å². The quantitative estimate of drug-likeness (QED) is 0.279. The summed E-state index contributed by atoms with van der Waals surface area (Å²) in [7, 11) is 1.51. The van der Waals surface area contributed by atoms with Crippen molar-refractivity contribution in [2.45, 2.75) is 44.2 Å². The molecule has 4 heterocycles. The van der Waals surface area contributed by atoms with Crippen molar-refractivity contribution in [2.75, 3.05) is 24.2 Å². The molecular weight excluding hydrogens is 556 g/mol. The Bertz CT molecular complexity index is 1730. The number of aromatic nitrogens is 4. The number of likely N-dealkylation sites (N-methyl/N-ethyl adjacent to an activating group) is 1. The molecule has 0 bridgehead atoms. The maximum Gasteiger partial charge on any atom is 0.327 e. The maximum atomic E-state index is 12.8. The molecule has 2 saturated carbocycles. The number of carbonyl (C=O) groups excluding carboxylic acids is 3. The second-order valence-electron chi connectivity index (χ2n) is 11.3. The van der Waals surface area contributed by atoms with Crippen LogP contribution in [0.15, 0.2) is 55.1 Å². The predicted octanol–water partition coefficient (Wildman–Crippen LogP) is 4.40. The van der Waals surface area contributed by atoms with Gasteiger partial charge in [-0.3, -0.25) is 14.5 Å². The summed E-state index contributed by atoms with van der Waals surface area (Å²) >= 11 is 6.11. The molecular formula is C30H29ClN8O3. The molecule has 7 rings (SSSR count). The lowest BCUT2D eigenvalue weighted by Crippen LogP contribution is -2.29. The zero-order valence-corrected chi connectivity index (χ0v) is 23.7. The van der Waals surface area contributed by atoms with Crippen LogP contribution < -0.4 is 10.6 Å². The smallest absolute Gasteiger partial charge is 0.327 e. The minimum absolute atomic E-state index is 0.0683. The average Bonchev–Trinajstić information content (AvgIpc) is 3.90. The molecule has 3 fully saturated rings. The summed E-state index contributed by atoms with van der Waals surface area (Å²) in [4.78, 5) is 53.5. The van der Waals surface area contributed by atoms with Crippen molar-refractivity contribution in [3.8, 4) is 0 Å². The molecule has 3 aromatic heterocycles. The first-order valence-electron chi connectivity index (χ1n) is 14.0. The largest absolute Gasteiger partial charge is 0.364 e. The van der Waals surface area contributed by atoms with E-state index >= 15 is 0 Å². The van der Waals surface area contributed by atoms with Crippen LogP contribution in [-0.4, -0.2) is 60.6 Å². The minimum atomic E-state index is -0.295. The second-order valence-corrected chi connectivity index (χ2v) is 11.7. The molecule has 1 aromatic carbocycles. The molecule has 3 aliphatic rings. The van der Waals surface area contributed by atoms with Gasteiger partial charge in [0, 0.05) is 42.0 Å². The molecule has 4 amide bonds. The molecule has 0 unspecified atom stereocenters. The number of fused-ring (bicyclic) bond motifs is 1. The van der Waals surface area contributed by atoms with Gasteiger partial charge in [0.05, 0.1) is 18.8 Å². The van der Waals surface area contributed by atoms with Gasteiger partial charge in [-0.05, 0) is 60.4 Å². The molecule has 214 valence electrons. The van der Waals surface area contributed by atoms with Crippen molar-refractivity contribution in [3.63, 3.8) is 0 Å². The number of amides is 4. The number of urea groups is 1. The third-order valence-corrected chi connectivity index (χ3v) is 8.37. The van der Waals surface area contributed by atoms with E-state index in [1.54, 1.807) is 11.0 Å². The highest BCUT2D eigenvalue weighted by Crippen LogP contribution is 2.48. The van der Waals surface area contributed by atoms with Gasteiger partial charge < -0.3 is 19.9 Å². The molecule has 2 N–H and O–H groups in total. The number of benzene rings is 1. The normalized spacial score (nSPS) is 20.0. The fraction of sp³-hybridized carbons (Fsp3) is 0.333. The number of hydrogen-bond acceptors (Lipinski definition) is 7. The maximum absolute atomic E-state index is 12.8. The molecule has 0 radical (unpaired) electrons. The van der Waals surface area contributed by atoms with E-state index in [4.69, 9.17) is 16.6 Å². The highest BCUT2D eigenvalue weighted by molar-refractivity contribution is 6.30. The Morgan fingerprint density at radius 3 is 2.67 bits per heavy atom. The van der Waals surface area contributed by atoms with E-state index in [1.165, 1.54) is 18.9 Å². The van der Waals surface area contributed by atoms with Gasteiger partial charge >= 0.3 is 6.03 Å². The summed E-state index contributed by atoms with van der Waals surface area (Å²) in [5, 5.41) is 6.85. The van der Waals surface area contributed by atoms with Crippen molar-refractivity contribution in [1.29, 1.82) is 0 Å². The first-order chi connectivity index (χ1) is 20.3. The number of pyridine rings is 1. The molecule has 11 nitrogen and oxygen atoms in total. The first-order valence-corrected chi connectivity index (χ1v) is 14.4. The zero-order valence-electron chi connectivity index (χ0n) is 23.0. The first kappa shape index (κ1) is 26.4. The van der Waals surface area contributed by atoms with Gasteiger partial charge in [-0.25, -0.2) is 19.7 Å². The number of rotatable bonds is 9. The third kappa shape index (κ3) is 5.27. The SMILES string of the molecule is CN1C(=O)CN(Cc2cc(C3CC3)cn3cc(CNc4cc(NC(=O)[C@H]5C[C@@H]5c5cccc(Cl)c5)ncn4)nc23)C1=O. The lowest BCUT2D eigenvalue weighted by Gasteiger charge is -2.16. The van der Waals surface area contributed by atoms with Gasteiger partial charge in [0.15, 0.2) is 0 Å². The van der Waals surface area contributed by atoms with Gasteiger partial charge in [0.25, 0.3) is 0 Å². The number of carbonyl (C=O) groups is 3. The van der Waals surface area contributed by atoms with E-state index in [9.17, 15) is 14.4 Å². The standard InChI is InChI=1S/C30H29ClN8O3/c1-37-27(40)15-39(30(37)42)13-20-7-19(17-5-6-17)12-38-14-22(35-28(20)38)11-32-25-10-26(34-16-33-25)36-29(41)24-9-23(24)18-3-2-4-21(31)8-18/h2-4,7-8,10,12,14,16-17,23-24H,5-6,9,11,13,15H2,1H3,(H2,32,33,34,36,41)/t23-,24+/m1/s1. The van der Waals surface area contributed by atoms with Crippen LogP contribution in [0.25, 0.3) is 5.65 Å². The van der Waals surface area contributed by atoms with Gasteiger partial charge in [-0.1, -0.05) is 23.7 Å². The van der Waals surface area contributed by atoms with Crippen molar-refractivity contribution in [3.05, 3.63) is 82.5 Å². The van der Waals surface area contributed by atoms with Gasteiger partial charge in [-0.2, -0.15) is 0 Å². The molecule has 2 aliphatic carbocycles. The van der Waals surface area contributed by atoms with E-state index < -0.39 is 0 Å². The number of hydrogen-bond donors (Lipinski definition) is 2. The predicted molar refractivity (Wildman–Crippen MR) is 156 cm³/mol. The molecule has 4 aromatic rings. The highest BCUT2D eigenvalue weighted by Gasteiger charge is 2.44. The number of halogens is 1. The fourth-order valence-electron chi connectivity index (χ4n) is 5.58. The van der Waals surface area contributed by atoms with E-state index in [0.717, 1.165) is 46.6 Å². The lowest BCUT2D eigenvalue weighted by atomic mass is 10.1. The van der Waals surface area contributed by atoms with Crippen LogP contribution in [0, 0.1) is 5.92 Å². The Labute approximate surface area is 246 Å². The molecule has 0 spiro atoms. The van der Waals surface area contributed by atoms with Crippen LogP contribution >= 0.6 is 11.6 Å². The number of nitrogens with zero attached hydrogens (tertiary/aromatic N) is 6. The Morgan fingerprint density at radius 2 is 1.90 bits per heavy atom. The summed E-state index contributed by atoms with van der Waals surface area (Å²) < 4.78 is 2.00. The van der Waals surface area contributed by atoms with E-state index in [0.29, 0.717) is 35.7 Å². The van der Waals surface area contributed by atoms with E-state index in [1.807, 2.05) is 34.9 Å². The van der Waals surface area contributed by atoms with Crippen LogP contribution in [0.3, 0.4) is 0 Å². The number of anilines is 2. The Hall–Kier alpha value is -4.51. The second kappa shape index (κ2) is 10.4. The van der Waals surface area contributed by atoms with Crippen LogP contribution in [0.2, 0.25) is 5.02 Å². The van der Waals surface area contributed by atoms with Gasteiger partial charge in [-0.15, -0.1) is 0 Å². The summed E-state index contributed by atoms with van der Waals surface area (Å²) in [6, 6.07) is 11.2. The number of imidazole rings is 1. The van der Waals surface area contributed by atoms with Gasteiger partial charge in [0.1, 0.15) is 30.2 Å². The lowest BCUT2D eigenvalue weighted by molar-refractivity contribution is -0.124. The summed E-state index contributed by atoms with van der Waals surface area (Å²) in [5.41, 5.74) is 4.73. The molecule has 42 heavy (non-hydrogen) atoms.